The van der Waals surface area contributed by atoms with E-state index in [1.807, 2.05) is 0 Å². The molecule has 0 saturated carbocycles. The van der Waals surface area contributed by atoms with Gasteiger partial charge in [0.1, 0.15) is 21.5 Å². The zero-order valence-electron chi connectivity index (χ0n) is 9.95. The van der Waals surface area contributed by atoms with Gasteiger partial charge in [0.2, 0.25) is 0 Å². The van der Waals surface area contributed by atoms with Crippen molar-refractivity contribution in [2.75, 3.05) is 11.5 Å². The van der Waals surface area contributed by atoms with Crippen molar-refractivity contribution in [1.82, 2.24) is 0 Å². The van der Waals surface area contributed by atoms with Crippen molar-refractivity contribution in [3.8, 4) is 0 Å². The fourth-order valence-electron chi connectivity index (χ4n) is 1.44. The molecule has 6 heteroatoms. The van der Waals surface area contributed by atoms with Crippen LogP contribution in [-0.2, 0) is 9.84 Å². The van der Waals surface area contributed by atoms with Gasteiger partial charge in [-0.1, -0.05) is 6.92 Å². The standard InChI is InChI=1S/C12H14F2O3S/c1-2-18(16,17)7-3-4-12(15)10-8-9(13)5-6-11(10)14/h5-6,8H,2-4,7H2,1H3. The van der Waals surface area contributed by atoms with Crippen molar-refractivity contribution < 1.29 is 22.0 Å². The number of ketones is 1. The van der Waals surface area contributed by atoms with Crippen LogP contribution in [0.25, 0.3) is 0 Å². The predicted octanol–water partition coefficient (Wildman–Crippen LogP) is 2.36. The lowest BCUT2D eigenvalue weighted by Crippen LogP contribution is -2.11. The van der Waals surface area contributed by atoms with Gasteiger partial charge in [-0.25, -0.2) is 17.2 Å². The molecule has 0 bridgehead atoms. The molecule has 0 aliphatic rings. The average Bonchev–Trinajstić information content (AvgIpc) is 2.32. The third-order valence-corrected chi connectivity index (χ3v) is 4.32. The molecule has 0 unspecified atom stereocenters. The van der Waals surface area contributed by atoms with Crippen LogP contribution < -0.4 is 0 Å². The van der Waals surface area contributed by atoms with Gasteiger partial charge in [0, 0.05) is 12.2 Å². The monoisotopic (exact) mass is 276 g/mol. The van der Waals surface area contributed by atoms with Gasteiger partial charge in [0.05, 0.1) is 11.3 Å². The maximum atomic E-state index is 13.2. The van der Waals surface area contributed by atoms with E-state index >= 15 is 0 Å². The van der Waals surface area contributed by atoms with Crippen LogP contribution in [0.15, 0.2) is 18.2 Å². The number of sulfone groups is 1. The van der Waals surface area contributed by atoms with Gasteiger partial charge >= 0.3 is 0 Å². The topological polar surface area (TPSA) is 51.2 Å². The van der Waals surface area contributed by atoms with Gasteiger partial charge in [0.25, 0.3) is 0 Å². The summed E-state index contributed by atoms with van der Waals surface area (Å²) in [5, 5.41) is 0. The molecule has 0 aliphatic heterocycles. The molecule has 0 heterocycles. The van der Waals surface area contributed by atoms with Gasteiger partial charge in [-0.2, -0.15) is 0 Å². The number of hydrogen-bond acceptors (Lipinski definition) is 3. The van der Waals surface area contributed by atoms with Crippen molar-refractivity contribution >= 4 is 15.6 Å². The molecule has 0 N–H and O–H groups in total. The molecule has 1 aromatic rings. The normalized spacial score (nSPS) is 11.5. The van der Waals surface area contributed by atoms with Crippen molar-refractivity contribution in [2.45, 2.75) is 19.8 Å². The van der Waals surface area contributed by atoms with Crippen LogP contribution in [0.3, 0.4) is 0 Å². The van der Waals surface area contributed by atoms with Crippen LogP contribution >= 0.6 is 0 Å². The highest BCUT2D eigenvalue weighted by molar-refractivity contribution is 7.91. The Morgan fingerprint density at radius 1 is 1.28 bits per heavy atom. The number of benzene rings is 1. The number of rotatable bonds is 6. The van der Waals surface area contributed by atoms with Gasteiger partial charge < -0.3 is 0 Å². The second-order valence-electron chi connectivity index (χ2n) is 3.89. The summed E-state index contributed by atoms with van der Waals surface area (Å²) in [7, 11) is -3.14. The highest BCUT2D eigenvalue weighted by Gasteiger charge is 2.14. The van der Waals surface area contributed by atoms with Crippen LogP contribution in [0.2, 0.25) is 0 Å². The van der Waals surface area contributed by atoms with E-state index in [1.54, 1.807) is 0 Å². The molecule has 0 spiro atoms. The summed E-state index contributed by atoms with van der Waals surface area (Å²) in [6, 6.07) is 2.63. The molecule has 0 radical (unpaired) electrons. The summed E-state index contributed by atoms with van der Waals surface area (Å²) >= 11 is 0. The van der Waals surface area contributed by atoms with Crippen LogP contribution in [0.1, 0.15) is 30.1 Å². The Hall–Kier alpha value is -1.30. The van der Waals surface area contributed by atoms with Crippen molar-refractivity contribution in [1.29, 1.82) is 0 Å². The number of halogens is 2. The molecule has 0 amide bonds. The molecule has 1 aromatic carbocycles. The molecule has 3 nitrogen and oxygen atoms in total. The summed E-state index contributed by atoms with van der Waals surface area (Å²) in [6.45, 7) is 1.52. The van der Waals surface area contributed by atoms with E-state index in [9.17, 15) is 22.0 Å². The molecule has 0 atom stereocenters. The van der Waals surface area contributed by atoms with E-state index < -0.39 is 27.3 Å². The third kappa shape index (κ3) is 4.18. The maximum Gasteiger partial charge on any atom is 0.165 e. The first kappa shape index (κ1) is 14.8. The Kier molecular flexibility index (Phi) is 4.95. The third-order valence-electron chi connectivity index (χ3n) is 2.53. The second-order valence-corrected chi connectivity index (χ2v) is 6.36. The molecule has 18 heavy (non-hydrogen) atoms. The molecule has 0 aromatic heterocycles. The Bertz CT molecular complexity index is 538. The number of carbonyl (C=O) groups is 1. The van der Waals surface area contributed by atoms with Crippen LogP contribution in [-0.4, -0.2) is 25.7 Å². The molecule has 100 valence electrons. The Morgan fingerprint density at radius 2 is 1.94 bits per heavy atom. The minimum absolute atomic E-state index is 0.00944. The van der Waals surface area contributed by atoms with Gasteiger partial charge in [-0.3, -0.25) is 4.79 Å². The van der Waals surface area contributed by atoms with E-state index in [0.29, 0.717) is 0 Å². The molecule has 0 fully saturated rings. The van der Waals surface area contributed by atoms with E-state index in [0.717, 1.165) is 18.2 Å². The van der Waals surface area contributed by atoms with Gasteiger partial charge in [0.15, 0.2) is 5.78 Å². The van der Waals surface area contributed by atoms with Crippen molar-refractivity contribution in [2.24, 2.45) is 0 Å². The Labute approximate surface area is 105 Å². The van der Waals surface area contributed by atoms with E-state index in [4.69, 9.17) is 0 Å². The molecular formula is C12H14F2O3S. The smallest absolute Gasteiger partial charge is 0.165 e. The summed E-state index contributed by atoms with van der Waals surface area (Å²) in [5.41, 5.74) is -0.330. The molecule has 0 aliphatic carbocycles. The second kappa shape index (κ2) is 6.04. The fourth-order valence-corrected chi connectivity index (χ4v) is 2.32. The summed E-state index contributed by atoms with van der Waals surface area (Å²) in [4.78, 5) is 11.6. The maximum absolute atomic E-state index is 13.2. The average molecular weight is 276 g/mol. The molecular weight excluding hydrogens is 262 g/mol. The number of Topliss-reactive ketones (excluding diaryl/α,β-unsaturated/α-hetero) is 1. The first-order valence-electron chi connectivity index (χ1n) is 5.54. The van der Waals surface area contributed by atoms with E-state index in [-0.39, 0.29) is 29.9 Å². The zero-order valence-corrected chi connectivity index (χ0v) is 10.8. The minimum Gasteiger partial charge on any atom is -0.294 e. The molecule has 1 rings (SSSR count). The van der Waals surface area contributed by atoms with Crippen LogP contribution in [0.5, 0.6) is 0 Å². The van der Waals surface area contributed by atoms with E-state index in [1.165, 1.54) is 6.92 Å². The first-order chi connectivity index (χ1) is 8.35. The lowest BCUT2D eigenvalue weighted by atomic mass is 10.1. The Balaban J connectivity index is 2.64. The van der Waals surface area contributed by atoms with Gasteiger partial charge in [-0.05, 0) is 24.6 Å². The summed E-state index contributed by atoms with van der Waals surface area (Å²) < 4.78 is 48.5. The number of carbonyl (C=O) groups excluding carboxylic acids is 1. The number of hydrogen-bond donors (Lipinski definition) is 0. The first-order valence-corrected chi connectivity index (χ1v) is 7.36. The van der Waals surface area contributed by atoms with Crippen molar-refractivity contribution in [3.05, 3.63) is 35.4 Å². The van der Waals surface area contributed by atoms with Gasteiger partial charge in [-0.15, -0.1) is 0 Å². The fraction of sp³-hybridized carbons (Fsp3) is 0.417. The van der Waals surface area contributed by atoms with Crippen molar-refractivity contribution in [3.63, 3.8) is 0 Å². The predicted molar refractivity (Wildman–Crippen MR) is 64.3 cm³/mol. The highest BCUT2D eigenvalue weighted by Crippen LogP contribution is 2.13. The summed E-state index contributed by atoms with van der Waals surface area (Å²) in [6.07, 6.45) is 0.00453. The van der Waals surface area contributed by atoms with Crippen LogP contribution in [0.4, 0.5) is 8.78 Å². The zero-order chi connectivity index (χ0) is 13.8. The lowest BCUT2D eigenvalue weighted by molar-refractivity contribution is 0.0977. The highest BCUT2D eigenvalue weighted by atomic mass is 32.2. The lowest BCUT2D eigenvalue weighted by Gasteiger charge is -2.03. The SMILES string of the molecule is CCS(=O)(=O)CCCC(=O)c1cc(F)ccc1F. The van der Waals surface area contributed by atoms with Crippen LogP contribution in [0, 0.1) is 11.6 Å². The molecule has 0 saturated heterocycles. The minimum atomic E-state index is -3.14. The quantitative estimate of drug-likeness (QED) is 0.749. The largest absolute Gasteiger partial charge is 0.294 e. The van der Waals surface area contributed by atoms with E-state index in [2.05, 4.69) is 0 Å². The Morgan fingerprint density at radius 3 is 2.56 bits per heavy atom. The summed E-state index contributed by atoms with van der Waals surface area (Å²) in [5.74, 6) is -2.18.